The number of nitrogens with zero attached hydrogens (tertiary/aromatic N) is 4. The molecule has 1 aliphatic rings. The number of rotatable bonds is 3. The average molecular weight is 272 g/mol. The normalized spacial score (nSPS) is 18.2. The van der Waals surface area contributed by atoms with Crippen LogP contribution in [0.3, 0.4) is 0 Å². The topological polar surface area (TPSA) is 54.1 Å². The van der Waals surface area contributed by atoms with Crippen molar-refractivity contribution in [1.29, 1.82) is 10.5 Å². The van der Waals surface area contributed by atoms with E-state index in [4.69, 9.17) is 10.5 Å². The van der Waals surface area contributed by atoms with Crippen LogP contribution in [0.15, 0.2) is 18.2 Å². The van der Waals surface area contributed by atoms with Crippen LogP contribution in [-0.2, 0) is 6.54 Å². The summed E-state index contributed by atoms with van der Waals surface area (Å²) in [6.07, 6.45) is 0. The van der Waals surface area contributed by atoms with Crippen LogP contribution in [0.4, 0.5) is 4.39 Å². The Labute approximate surface area is 118 Å². The van der Waals surface area contributed by atoms with Crippen molar-refractivity contribution in [3.8, 4) is 12.1 Å². The van der Waals surface area contributed by atoms with Crippen LogP contribution in [0, 0.1) is 28.5 Å². The predicted molar refractivity (Wildman–Crippen MR) is 73.0 cm³/mol. The summed E-state index contributed by atoms with van der Waals surface area (Å²) in [4.78, 5) is 4.30. The van der Waals surface area contributed by atoms with Crippen molar-refractivity contribution in [3.05, 3.63) is 35.1 Å². The largest absolute Gasteiger partial charge is 0.296 e. The van der Waals surface area contributed by atoms with Crippen molar-refractivity contribution < 1.29 is 4.39 Å². The van der Waals surface area contributed by atoms with E-state index in [2.05, 4.69) is 15.9 Å². The van der Waals surface area contributed by atoms with E-state index in [1.54, 1.807) is 12.1 Å². The van der Waals surface area contributed by atoms with Gasteiger partial charge in [-0.25, -0.2) is 4.39 Å². The first-order chi connectivity index (χ1) is 9.63. The van der Waals surface area contributed by atoms with Crippen LogP contribution in [0.25, 0.3) is 0 Å². The summed E-state index contributed by atoms with van der Waals surface area (Å²) in [6, 6.07) is 8.71. The standard InChI is InChI=1S/C15H17FN4/c1-12(9-17)20-6-4-19(5-7-20)11-14-3-2-13(10-18)8-15(14)16/h2-3,8,12H,4-7,11H2,1H3. The quantitative estimate of drug-likeness (QED) is 0.841. The number of hydrogen-bond donors (Lipinski definition) is 0. The summed E-state index contributed by atoms with van der Waals surface area (Å²) in [5.74, 6) is -0.322. The summed E-state index contributed by atoms with van der Waals surface area (Å²) in [6.45, 7) is 5.75. The van der Waals surface area contributed by atoms with Gasteiger partial charge in [0.2, 0.25) is 0 Å². The molecule has 1 fully saturated rings. The first-order valence-electron chi connectivity index (χ1n) is 6.68. The third kappa shape index (κ3) is 3.33. The second kappa shape index (κ2) is 6.47. The highest BCUT2D eigenvalue weighted by Gasteiger charge is 2.21. The lowest BCUT2D eigenvalue weighted by atomic mass is 10.1. The Bertz CT molecular complexity index is 550. The molecule has 104 valence electrons. The molecular formula is C15H17FN4. The van der Waals surface area contributed by atoms with Crippen molar-refractivity contribution in [1.82, 2.24) is 9.80 Å². The van der Waals surface area contributed by atoms with E-state index in [1.807, 2.05) is 13.0 Å². The van der Waals surface area contributed by atoms with Gasteiger partial charge in [0.15, 0.2) is 0 Å². The van der Waals surface area contributed by atoms with Gasteiger partial charge in [0.25, 0.3) is 0 Å². The Hall–Kier alpha value is -1.95. The van der Waals surface area contributed by atoms with E-state index >= 15 is 0 Å². The van der Waals surface area contributed by atoms with Gasteiger partial charge in [-0.2, -0.15) is 10.5 Å². The highest BCUT2D eigenvalue weighted by molar-refractivity contribution is 5.32. The van der Waals surface area contributed by atoms with Crippen molar-refractivity contribution >= 4 is 0 Å². The van der Waals surface area contributed by atoms with E-state index in [-0.39, 0.29) is 11.9 Å². The van der Waals surface area contributed by atoms with Gasteiger partial charge < -0.3 is 0 Å². The minimum atomic E-state index is -0.322. The molecule has 0 amide bonds. The van der Waals surface area contributed by atoms with Gasteiger partial charge in [0.1, 0.15) is 5.82 Å². The summed E-state index contributed by atoms with van der Waals surface area (Å²) in [5.41, 5.74) is 0.963. The monoisotopic (exact) mass is 272 g/mol. The minimum Gasteiger partial charge on any atom is -0.296 e. The highest BCUT2D eigenvalue weighted by atomic mass is 19.1. The third-order valence-electron chi connectivity index (χ3n) is 3.72. The first kappa shape index (κ1) is 14.5. The van der Waals surface area contributed by atoms with Crippen LogP contribution >= 0.6 is 0 Å². The first-order valence-corrected chi connectivity index (χ1v) is 6.68. The zero-order valence-corrected chi connectivity index (χ0v) is 11.5. The molecule has 0 spiro atoms. The molecule has 0 aromatic heterocycles. The van der Waals surface area contributed by atoms with Crippen molar-refractivity contribution in [2.75, 3.05) is 26.2 Å². The van der Waals surface area contributed by atoms with Gasteiger partial charge in [-0.15, -0.1) is 0 Å². The summed E-state index contributed by atoms with van der Waals surface area (Å²) >= 11 is 0. The maximum atomic E-state index is 13.8. The molecule has 0 radical (unpaired) electrons. The maximum Gasteiger partial charge on any atom is 0.129 e. The SMILES string of the molecule is CC(C#N)N1CCN(Cc2ccc(C#N)cc2F)CC1. The van der Waals surface area contributed by atoms with Gasteiger partial charge in [-0.3, -0.25) is 9.80 Å². The van der Waals surface area contributed by atoms with Crippen LogP contribution in [0.5, 0.6) is 0 Å². The number of piperazine rings is 1. The van der Waals surface area contributed by atoms with Crippen molar-refractivity contribution in [2.45, 2.75) is 19.5 Å². The molecule has 1 atom stereocenters. The van der Waals surface area contributed by atoms with Gasteiger partial charge in [-0.1, -0.05) is 6.07 Å². The molecule has 5 heteroatoms. The van der Waals surface area contributed by atoms with Gasteiger partial charge in [-0.05, 0) is 19.1 Å². The third-order valence-corrected chi connectivity index (χ3v) is 3.72. The Morgan fingerprint density at radius 1 is 1.25 bits per heavy atom. The van der Waals surface area contributed by atoms with Gasteiger partial charge in [0.05, 0.1) is 23.7 Å². The molecule has 1 unspecified atom stereocenters. The molecule has 1 heterocycles. The number of nitriles is 2. The van der Waals surface area contributed by atoms with E-state index in [0.29, 0.717) is 17.7 Å². The van der Waals surface area contributed by atoms with E-state index in [0.717, 1.165) is 26.2 Å². The molecule has 0 bridgehead atoms. The summed E-state index contributed by atoms with van der Waals surface area (Å²) in [7, 11) is 0. The Morgan fingerprint density at radius 3 is 2.50 bits per heavy atom. The van der Waals surface area contributed by atoms with Crippen LogP contribution in [0.2, 0.25) is 0 Å². The molecule has 4 nitrogen and oxygen atoms in total. The van der Waals surface area contributed by atoms with Gasteiger partial charge >= 0.3 is 0 Å². The van der Waals surface area contributed by atoms with Crippen LogP contribution in [-0.4, -0.2) is 42.0 Å². The number of hydrogen-bond acceptors (Lipinski definition) is 4. The molecule has 1 aromatic carbocycles. The molecule has 0 N–H and O–H groups in total. The average Bonchev–Trinajstić information content (AvgIpc) is 2.49. The number of halogens is 1. The lowest BCUT2D eigenvalue weighted by Crippen LogP contribution is -2.48. The fourth-order valence-electron chi connectivity index (χ4n) is 2.38. The van der Waals surface area contributed by atoms with Crippen LogP contribution < -0.4 is 0 Å². The molecule has 0 saturated carbocycles. The lowest BCUT2D eigenvalue weighted by Gasteiger charge is -2.35. The molecule has 2 rings (SSSR count). The predicted octanol–water partition coefficient (Wildman–Crippen LogP) is 1.73. The fourth-order valence-corrected chi connectivity index (χ4v) is 2.38. The number of benzene rings is 1. The van der Waals surface area contributed by atoms with Crippen LogP contribution in [0.1, 0.15) is 18.1 Å². The Balaban J connectivity index is 1.93. The second-order valence-corrected chi connectivity index (χ2v) is 5.04. The second-order valence-electron chi connectivity index (χ2n) is 5.04. The van der Waals surface area contributed by atoms with E-state index in [9.17, 15) is 4.39 Å². The maximum absolute atomic E-state index is 13.8. The molecular weight excluding hydrogens is 255 g/mol. The van der Waals surface area contributed by atoms with E-state index in [1.165, 1.54) is 6.07 Å². The zero-order valence-electron chi connectivity index (χ0n) is 11.5. The van der Waals surface area contributed by atoms with Crippen molar-refractivity contribution in [2.24, 2.45) is 0 Å². The smallest absolute Gasteiger partial charge is 0.129 e. The van der Waals surface area contributed by atoms with Gasteiger partial charge in [0, 0.05) is 38.3 Å². The Morgan fingerprint density at radius 2 is 1.95 bits per heavy atom. The van der Waals surface area contributed by atoms with Crippen molar-refractivity contribution in [3.63, 3.8) is 0 Å². The lowest BCUT2D eigenvalue weighted by molar-refractivity contribution is 0.113. The molecule has 1 aromatic rings. The molecule has 0 aliphatic carbocycles. The Kier molecular flexibility index (Phi) is 4.68. The molecule has 1 aliphatic heterocycles. The summed E-state index contributed by atoms with van der Waals surface area (Å²) < 4.78 is 13.8. The highest BCUT2D eigenvalue weighted by Crippen LogP contribution is 2.14. The zero-order chi connectivity index (χ0) is 14.5. The summed E-state index contributed by atoms with van der Waals surface area (Å²) in [5, 5.41) is 17.6. The minimum absolute atomic E-state index is 0.0659. The molecule has 1 saturated heterocycles. The molecule has 20 heavy (non-hydrogen) atoms. The fraction of sp³-hybridized carbons (Fsp3) is 0.467. The van der Waals surface area contributed by atoms with E-state index < -0.39 is 0 Å².